The number of likely N-dealkylation sites (N-methyl/N-ethyl adjacent to an activating group) is 1. The molecule has 0 aliphatic rings. The quantitative estimate of drug-likeness (QED) is 0.574. The van der Waals surface area contributed by atoms with E-state index in [1.807, 2.05) is 0 Å². The van der Waals surface area contributed by atoms with Gasteiger partial charge in [0.25, 0.3) is 0 Å². The van der Waals surface area contributed by atoms with E-state index in [9.17, 15) is 19.8 Å². The fourth-order valence-electron chi connectivity index (χ4n) is 1.85. The third kappa shape index (κ3) is 5.82. The van der Waals surface area contributed by atoms with E-state index < -0.39 is 23.6 Å². The van der Waals surface area contributed by atoms with E-state index in [2.05, 4.69) is 15.3 Å². The average molecular weight is 298 g/mol. The van der Waals surface area contributed by atoms with Gasteiger partial charge in [-0.2, -0.15) is 0 Å². The summed E-state index contributed by atoms with van der Waals surface area (Å²) in [6.45, 7) is 5.42. The van der Waals surface area contributed by atoms with Gasteiger partial charge < -0.3 is 25.4 Å². The van der Waals surface area contributed by atoms with Gasteiger partial charge in [0.05, 0.1) is 18.5 Å². The molecule has 118 valence electrons. The Bertz CT molecular complexity index is 467. The third-order valence-electron chi connectivity index (χ3n) is 2.82. The topological polar surface area (TPSA) is 119 Å². The minimum absolute atomic E-state index is 0.112. The predicted octanol–water partition coefficient (Wildman–Crippen LogP) is 0.208. The number of nitrogens with one attached hydrogen (secondary N) is 2. The van der Waals surface area contributed by atoms with E-state index in [1.165, 1.54) is 17.4 Å². The van der Waals surface area contributed by atoms with Crippen molar-refractivity contribution in [2.24, 2.45) is 0 Å². The molecule has 1 aromatic heterocycles. The van der Waals surface area contributed by atoms with Crippen LogP contribution in [0.15, 0.2) is 12.5 Å². The van der Waals surface area contributed by atoms with Crippen molar-refractivity contribution in [3.63, 3.8) is 0 Å². The number of nitrogens with zero attached hydrogens (tertiary/aromatic N) is 2. The maximum atomic E-state index is 12.1. The molecule has 0 spiro atoms. The molecule has 1 unspecified atom stereocenters. The molecule has 0 aromatic carbocycles. The summed E-state index contributed by atoms with van der Waals surface area (Å²) < 4.78 is 0. The van der Waals surface area contributed by atoms with Gasteiger partial charge in [-0.3, -0.25) is 0 Å². The number of hydrogen-bond acceptors (Lipinski definition) is 4. The molecule has 0 bridgehead atoms. The Hall–Kier alpha value is -2.09. The van der Waals surface area contributed by atoms with Crippen LogP contribution < -0.4 is 5.32 Å². The molecule has 1 rings (SSSR count). The molecule has 1 aromatic rings. The molecular formula is C13H22N4O4. The van der Waals surface area contributed by atoms with Crippen LogP contribution in [0.3, 0.4) is 0 Å². The first kappa shape index (κ1) is 17.0. The number of carbonyl (C=O) groups excluding carboxylic acids is 1. The highest BCUT2D eigenvalue weighted by atomic mass is 16.4. The van der Waals surface area contributed by atoms with Crippen molar-refractivity contribution in [2.45, 2.75) is 38.8 Å². The monoisotopic (exact) mass is 298 g/mol. The molecule has 2 amide bonds. The Morgan fingerprint density at radius 2 is 2.19 bits per heavy atom. The lowest BCUT2D eigenvalue weighted by molar-refractivity contribution is -0.139. The van der Waals surface area contributed by atoms with Gasteiger partial charge >= 0.3 is 12.0 Å². The van der Waals surface area contributed by atoms with Crippen molar-refractivity contribution in [1.82, 2.24) is 20.2 Å². The Kier molecular flexibility index (Phi) is 5.71. The summed E-state index contributed by atoms with van der Waals surface area (Å²) in [5.74, 6) is -1.13. The van der Waals surface area contributed by atoms with Crippen LogP contribution in [0.2, 0.25) is 0 Å². The highest BCUT2D eigenvalue weighted by Crippen LogP contribution is 2.06. The largest absolute Gasteiger partial charge is 0.480 e. The van der Waals surface area contributed by atoms with Crippen molar-refractivity contribution < 1.29 is 19.8 Å². The normalized spacial score (nSPS) is 12.8. The summed E-state index contributed by atoms with van der Waals surface area (Å²) in [5, 5.41) is 21.4. The van der Waals surface area contributed by atoms with Crippen LogP contribution >= 0.6 is 0 Å². The number of carbonyl (C=O) groups is 2. The summed E-state index contributed by atoms with van der Waals surface area (Å²) in [6, 6.07) is -1.58. The SMILES string of the molecule is CCN(CC(C)(C)O)C(=O)NC(Cc1cnc[nH]1)C(=O)O. The van der Waals surface area contributed by atoms with E-state index >= 15 is 0 Å². The molecule has 1 heterocycles. The number of amides is 2. The molecule has 0 radical (unpaired) electrons. The summed E-state index contributed by atoms with van der Waals surface area (Å²) in [4.78, 5) is 31.3. The van der Waals surface area contributed by atoms with Gasteiger partial charge in [0.2, 0.25) is 0 Å². The fraction of sp³-hybridized carbons (Fsp3) is 0.615. The molecule has 1 atom stereocenters. The van der Waals surface area contributed by atoms with Crippen LogP contribution in [0.5, 0.6) is 0 Å². The number of rotatable bonds is 7. The molecule has 0 aliphatic heterocycles. The van der Waals surface area contributed by atoms with Gasteiger partial charge in [0, 0.05) is 24.9 Å². The number of imidazole rings is 1. The Balaban J connectivity index is 2.69. The van der Waals surface area contributed by atoms with E-state index in [0.717, 1.165) is 0 Å². The Morgan fingerprint density at radius 3 is 2.62 bits per heavy atom. The number of H-pyrrole nitrogens is 1. The second-order valence-corrected chi connectivity index (χ2v) is 5.45. The van der Waals surface area contributed by atoms with Crippen LogP contribution in [0.25, 0.3) is 0 Å². The standard InChI is InChI=1S/C13H22N4O4/c1-4-17(7-13(2,3)21)12(20)16-10(11(18)19)5-9-6-14-8-15-9/h6,8,10,21H,4-5,7H2,1-3H3,(H,14,15)(H,16,20)(H,18,19). The number of carboxylic acid groups (broad SMARTS) is 1. The first-order valence-corrected chi connectivity index (χ1v) is 6.71. The first-order valence-electron chi connectivity index (χ1n) is 6.71. The van der Waals surface area contributed by atoms with Gasteiger partial charge in [-0.1, -0.05) is 0 Å². The number of hydrogen-bond donors (Lipinski definition) is 4. The average Bonchev–Trinajstić information content (AvgIpc) is 2.86. The van der Waals surface area contributed by atoms with Crippen molar-refractivity contribution in [3.05, 3.63) is 18.2 Å². The second-order valence-electron chi connectivity index (χ2n) is 5.45. The Morgan fingerprint density at radius 1 is 1.52 bits per heavy atom. The van der Waals surface area contributed by atoms with Crippen LogP contribution in [0, 0.1) is 0 Å². The van der Waals surface area contributed by atoms with Crippen molar-refractivity contribution in [3.8, 4) is 0 Å². The molecular weight excluding hydrogens is 276 g/mol. The van der Waals surface area contributed by atoms with Gasteiger partial charge in [-0.15, -0.1) is 0 Å². The number of aliphatic carboxylic acids is 1. The van der Waals surface area contributed by atoms with Crippen LogP contribution in [0.1, 0.15) is 26.5 Å². The highest BCUT2D eigenvalue weighted by molar-refractivity contribution is 5.82. The van der Waals surface area contributed by atoms with Crippen LogP contribution in [-0.2, 0) is 11.2 Å². The summed E-state index contributed by atoms with van der Waals surface area (Å²) in [6.07, 6.45) is 3.07. The lowest BCUT2D eigenvalue weighted by Crippen LogP contribution is -2.52. The summed E-state index contributed by atoms with van der Waals surface area (Å²) in [5.41, 5.74) is -0.427. The Labute approximate surface area is 123 Å². The second kappa shape index (κ2) is 7.07. The fourth-order valence-corrected chi connectivity index (χ4v) is 1.85. The molecule has 0 saturated heterocycles. The van der Waals surface area contributed by atoms with Crippen LogP contribution in [0.4, 0.5) is 4.79 Å². The van der Waals surface area contributed by atoms with Gasteiger partial charge in [0.15, 0.2) is 0 Å². The third-order valence-corrected chi connectivity index (χ3v) is 2.82. The zero-order valence-corrected chi connectivity index (χ0v) is 12.5. The molecule has 0 saturated carbocycles. The maximum absolute atomic E-state index is 12.1. The zero-order chi connectivity index (χ0) is 16.0. The van der Waals surface area contributed by atoms with E-state index in [4.69, 9.17) is 0 Å². The van der Waals surface area contributed by atoms with Gasteiger partial charge in [-0.25, -0.2) is 14.6 Å². The smallest absolute Gasteiger partial charge is 0.326 e. The molecule has 21 heavy (non-hydrogen) atoms. The first-order chi connectivity index (χ1) is 9.73. The van der Waals surface area contributed by atoms with Crippen molar-refractivity contribution in [1.29, 1.82) is 0 Å². The minimum Gasteiger partial charge on any atom is -0.480 e. The van der Waals surface area contributed by atoms with Crippen LogP contribution in [-0.4, -0.2) is 61.8 Å². The lowest BCUT2D eigenvalue weighted by atomic mass is 10.1. The van der Waals surface area contributed by atoms with Crippen molar-refractivity contribution >= 4 is 12.0 Å². The number of aliphatic hydroxyl groups is 1. The predicted molar refractivity (Wildman–Crippen MR) is 75.8 cm³/mol. The van der Waals surface area contributed by atoms with Gasteiger partial charge in [0.1, 0.15) is 6.04 Å². The maximum Gasteiger partial charge on any atom is 0.326 e. The van der Waals surface area contributed by atoms with Gasteiger partial charge in [-0.05, 0) is 20.8 Å². The minimum atomic E-state index is -1.13. The zero-order valence-electron chi connectivity index (χ0n) is 12.5. The molecule has 0 fully saturated rings. The molecule has 0 aliphatic carbocycles. The lowest BCUT2D eigenvalue weighted by Gasteiger charge is -2.29. The number of aromatic amines is 1. The van der Waals surface area contributed by atoms with Crippen molar-refractivity contribution in [2.75, 3.05) is 13.1 Å². The number of aromatic nitrogens is 2. The van der Waals surface area contributed by atoms with E-state index in [0.29, 0.717) is 12.2 Å². The van der Waals surface area contributed by atoms with E-state index in [-0.39, 0.29) is 13.0 Å². The summed E-state index contributed by atoms with van der Waals surface area (Å²) >= 11 is 0. The molecule has 4 N–H and O–H groups in total. The summed E-state index contributed by atoms with van der Waals surface area (Å²) in [7, 11) is 0. The highest BCUT2D eigenvalue weighted by Gasteiger charge is 2.26. The molecule has 8 nitrogen and oxygen atoms in total. The van der Waals surface area contributed by atoms with E-state index in [1.54, 1.807) is 20.8 Å². The number of carboxylic acids is 1. The molecule has 8 heteroatoms. The number of urea groups is 1.